The summed E-state index contributed by atoms with van der Waals surface area (Å²) < 4.78 is 0. The number of pyridine rings is 1. The number of nitrogens with one attached hydrogen (secondary N) is 2. The summed E-state index contributed by atoms with van der Waals surface area (Å²) in [4.78, 5) is 16.5. The first-order chi connectivity index (χ1) is 9.05. The van der Waals surface area contributed by atoms with Gasteiger partial charge in [0.1, 0.15) is 5.82 Å². The third-order valence-electron chi connectivity index (χ3n) is 3.61. The lowest BCUT2D eigenvalue weighted by molar-refractivity contribution is 0.0949. The largest absolute Gasteiger partial charge is 0.349 e. The van der Waals surface area contributed by atoms with Gasteiger partial charge >= 0.3 is 0 Å². The van der Waals surface area contributed by atoms with Crippen molar-refractivity contribution in [3.8, 4) is 0 Å². The number of hydrogen-bond donors (Lipinski definition) is 3. The zero-order valence-corrected chi connectivity index (χ0v) is 11.7. The number of hydrogen-bond acceptors (Lipinski definition) is 4. The number of nitrogen functional groups attached to an aromatic ring is 1. The molecular formula is C14H22N4O. The molecule has 1 fully saturated rings. The number of nitrogens with two attached hydrogens (primary N) is 1. The molecule has 0 radical (unpaired) electrons. The molecule has 0 aromatic carbocycles. The summed E-state index contributed by atoms with van der Waals surface area (Å²) in [6.07, 6.45) is 2.21. The summed E-state index contributed by atoms with van der Waals surface area (Å²) in [5.41, 5.74) is 4.00. The Bertz CT molecular complexity index is 473. The van der Waals surface area contributed by atoms with Crippen molar-refractivity contribution in [2.24, 2.45) is 11.8 Å². The van der Waals surface area contributed by atoms with Crippen LogP contribution >= 0.6 is 0 Å². The van der Waals surface area contributed by atoms with E-state index in [0.717, 1.165) is 18.5 Å². The van der Waals surface area contributed by atoms with E-state index in [4.69, 9.17) is 5.84 Å². The maximum atomic E-state index is 12.2. The van der Waals surface area contributed by atoms with Crippen molar-refractivity contribution < 1.29 is 4.79 Å². The van der Waals surface area contributed by atoms with E-state index in [1.54, 1.807) is 6.07 Å². The van der Waals surface area contributed by atoms with Gasteiger partial charge in [-0.3, -0.25) is 4.79 Å². The van der Waals surface area contributed by atoms with Gasteiger partial charge in [-0.1, -0.05) is 27.2 Å². The van der Waals surface area contributed by atoms with Crippen LogP contribution in [-0.4, -0.2) is 16.9 Å². The SMILES string of the molecule is CCC1CC1NC(=O)c1cc(NN)nc(C(C)C)c1. The molecule has 1 aliphatic carbocycles. The second kappa shape index (κ2) is 5.57. The molecule has 5 nitrogen and oxygen atoms in total. The first kappa shape index (κ1) is 13.8. The van der Waals surface area contributed by atoms with Gasteiger partial charge in [0.25, 0.3) is 5.91 Å². The maximum Gasteiger partial charge on any atom is 0.251 e. The van der Waals surface area contributed by atoms with Crippen LogP contribution in [0.3, 0.4) is 0 Å². The van der Waals surface area contributed by atoms with Crippen LogP contribution in [0.4, 0.5) is 5.82 Å². The minimum Gasteiger partial charge on any atom is -0.349 e. The molecule has 1 aliphatic rings. The number of nitrogens with zero attached hydrogens (tertiary/aromatic N) is 1. The van der Waals surface area contributed by atoms with E-state index in [1.165, 1.54) is 0 Å². The molecule has 104 valence electrons. The van der Waals surface area contributed by atoms with Crippen LogP contribution in [0.2, 0.25) is 0 Å². The molecule has 2 rings (SSSR count). The highest BCUT2D eigenvalue weighted by Crippen LogP contribution is 2.33. The lowest BCUT2D eigenvalue weighted by atomic mass is 10.1. The Morgan fingerprint density at radius 3 is 2.79 bits per heavy atom. The summed E-state index contributed by atoms with van der Waals surface area (Å²) in [6.45, 7) is 6.23. The smallest absolute Gasteiger partial charge is 0.251 e. The van der Waals surface area contributed by atoms with Crippen molar-refractivity contribution in [3.05, 3.63) is 23.4 Å². The average molecular weight is 262 g/mol. The monoisotopic (exact) mass is 262 g/mol. The summed E-state index contributed by atoms with van der Waals surface area (Å²) >= 11 is 0. The Kier molecular flexibility index (Phi) is 4.04. The fraction of sp³-hybridized carbons (Fsp3) is 0.571. The summed E-state index contributed by atoms with van der Waals surface area (Å²) in [5, 5.41) is 3.05. The fourth-order valence-electron chi connectivity index (χ4n) is 2.18. The highest BCUT2D eigenvalue weighted by atomic mass is 16.1. The minimum absolute atomic E-state index is 0.0400. The van der Waals surface area contributed by atoms with Crippen molar-refractivity contribution in [1.82, 2.24) is 10.3 Å². The Morgan fingerprint density at radius 2 is 2.26 bits per heavy atom. The molecule has 2 unspecified atom stereocenters. The van der Waals surface area contributed by atoms with Crippen LogP contribution in [0.15, 0.2) is 12.1 Å². The topological polar surface area (TPSA) is 80.0 Å². The molecule has 1 aromatic heterocycles. The third kappa shape index (κ3) is 3.23. The van der Waals surface area contributed by atoms with Gasteiger partial charge in [-0.25, -0.2) is 10.8 Å². The number of rotatable bonds is 5. The quantitative estimate of drug-likeness (QED) is 0.560. The van der Waals surface area contributed by atoms with Crippen LogP contribution in [0.5, 0.6) is 0 Å². The maximum absolute atomic E-state index is 12.2. The van der Waals surface area contributed by atoms with E-state index in [9.17, 15) is 4.79 Å². The third-order valence-corrected chi connectivity index (χ3v) is 3.61. The van der Waals surface area contributed by atoms with E-state index in [-0.39, 0.29) is 11.8 Å². The molecule has 5 heteroatoms. The van der Waals surface area contributed by atoms with Gasteiger partial charge in [-0.2, -0.15) is 0 Å². The zero-order chi connectivity index (χ0) is 14.0. The highest BCUT2D eigenvalue weighted by Gasteiger charge is 2.36. The molecule has 2 atom stereocenters. The Hall–Kier alpha value is -1.62. The Morgan fingerprint density at radius 1 is 1.53 bits per heavy atom. The molecule has 1 amide bonds. The first-order valence-electron chi connectivity index (χ1n) is 6.84. The molecule has 19 heavy (non-hydrogen) atoms. The van der Waals surface area contributed by atoms with E-state index in [0.29, 0.717) is 23.3 Å². The molecule has 0 aliphatic heterocycles. The van der Waals surface area contributed by atoms with E-state index in [2.05, 4.69) is 22.7 Å². The second-order valence-corrected chi connectivity index (χ2v) is 5.45. The van der Waals surface area contributed by atoms with E-state index >= 15 is 0 Å². The van der Waals surface area contributed by atoms with Gasteiger partial charge in [-0.15, -0.1) is 0 Å². The van der Waals surface area contributed by atoms with Crippen LogP contribution < -0.4 is 16.6 Å². The van der Waals surface area contributed by atoms with E-state index in [1.807, 2.05) is 19.9 Å². The number of anilines is 1. The molecule has 0 saturated heterocycles. The number of amides is 1. The molecule has 4 N–H and O–H groups in total. The van der Waals surface area contributed by atoms with Gasteiger partial charge in [0, 0.05) is 17.3 Å². The summed E-state index contributed by atoms with van der Waals surface area (Å²) in [7, 11) is 0. The average Bonchev–Trinajstić information content (AvgIpc) is 3.16. The van der Waals surface area contributed by atoms with Gasteiger partial charge in [0.2, 0.25) is 0 Å². The molecule has 1 heterocycles. The molecule has 0 bridgehead atoms. The summed E-state index contributed by atoms with van der Waals surface area (Å²) in [5.74, 6) is 6.78. The van der Waals surface area contributed by atoms with Gasteiger partial charge in [-0.05, 0) is 30.4 Å². The first-order valence-corrected chi connectivity index (χ1v) is 6.84. The zero-order valence-electron chi connectivity index (χ0n) is 11.7. The molecular weight excluding hydrogens is 240 g/mol. The van der Waals surface area contributed by atoms with Crippen molar-refractivity contribution >= 4 is 11.7 Å². The van der Waals surface area contributed by atoms with Crippen LogP contribution in [-0.2, 0) is 0 Å². The predicted octanol–water partition coefficient (Wildman–Crippen LogP) is 2.02. The lowest BCUT2D eigenvalue weighted by Crippen LogP contribution is -2.27. The Labute approximate surface area is 114 Å². The number of carbonyl (C=O) groups excluding carboxylic acids is 1. The summed E-state index contributed by atoms with van der Waals surface area (Å²) in [6, 6.07) is 3.86. The number of aromatic nitrogens is 1. The second-order valence-electron chi connectivity index (χ2n) is 5.45. The fourth-order valence-corrected chi connectivity index (χ4v) is 2.18. The molecule has 1 aromatic rings. The van der Waals surface area contributed by atoms with Gasteiger partial charge in [0.05, 0.1) is 0 Å². The normalized spacial score (nSPS) is 21.3. The number of hydrazine groups is 1. The van der Waals surface area contributed by atoms with Crippen molar-refractivity contribution in [3.63, 3.8) is 0 Å². The van der Waals surface area contributed by atoms with Crippen molar-refractivity contribution in [2.45, 2.75) is 45.6 Å². The van der Waals surface area contributed by atoms with Crippen molar-refractivity contribution in [2.75, 3.05) is 5.43 Å². The van der Waals surface area contributed by atoms with Gasteiger partial charge < -0.3 is 10.7 Å². The molecule has 1 saturated carbocycles. The molecule has 0 spiro atoms. The van der Waals surface area contributed by atoms with Crippen molar-refractivity contribution in [1.29, 1.82) is 0 Å². The standard InChI is InChI=1S/C14H22N4O/c1-4-9-5-12(9)17-14(19)10-6-11(8(2)3)16-13(7-10)18-15/h6-9,12H,4-5,15H2,1-3H3,(H,16,18)(H,17,19). The van der Waals surface area contributed by atoms with Gasteiger partial charge in [0.15, 0.2) is 0 Å². The minimum atomic E-state index is -0.0400. The predicted molar refractivity (Wildman–Crippen MR) is 75.8 cm³/mol. The highest BCUT2D eigenvalue weighted by molar-refractivity contribution is 5.95. The lowest BCUT2D eigenvalue weighted by Gasteiger charge is -2.11. The van der Waals surface area contributed by atoms with Crippen LogP contribution in [0.25, 0.3) is 0 Å². The Balaban J connectivity index is 2.14. The van der Waals surface area contributed by atoms with E-state index < -0.39 is 0 Å². The van der Waals surface area contributed by atoms with Crippen LogP contribution in [0, 0.1) is 5.92 Å². The number of carbonyl (C=O) groups is 1. The van der Waals surface area contributed by atoms with Crippen LogP contribution in [0.1, 0.15) is 55.6 Å².